The first-order valence-electron chi connectivity index (χ1n) is 7.34. The highest BCUT2D eigenvalue weighted by molar-refractivity contribution is 6.27. The van der Waals surface area contributed by atoms with Crippen molar-refractivity contribution in [1.29, 1.82) is 0 Å². The maximum atomic E-state index is 10.5. The lowest BCUT2D eigenvalue weighted by Crippen LogP contribution is -2.16. The van der Waals surface area contributed by atoms with Crippen LogP contribution in [0.3, 0.4) is 0 Å². The van der Waals surface area contributed by atoms with Crippen LogP contribution >= 0.6 is 0 Å². The van der Waals surface area contributed by atoms with Gasteiger partial charge in [0.1, 0.15) is 0 Å². The molecular formula is C17H18N2O6. The highest BCUT2D eigenvalue weighted by atomic mass is 16.6. The van der Waals surface area contributed by atoms with E-state index < -0.39 is 11.9 Å². The number of benzene rings is 2. The van der Waals surface area contributed by atoms with Crippen LogP contribution in [0.25, 0.3) is 0 Å². The second-order valence-corrected chi connectivity index (χ2v) is 4.95. The van der Waals surface area contributed by atoms with Crippen LogP contribution in [-0.4, -0.2) is 33.6 Å². The number of aliphatic carboxylic acids is 2. The summed E-state index contributed by atoms with van der Waals surface area (Å²) in [5.41, 5.74) is 2.49. The fourth-order valence-corrected chi connectivity index (χ4v) is 1.85. The van der Waals surface area contributed by atoms with Crippen LogP contribution in [0.4, 0.5) is 5.69 Å². The molecule has 0 aliphatic carbocycles. The molecule has 2 aromatic carbocycles. The number of carboxylic acids is 2. The molecule has 0 heterocycles. The van der Waals surface area contributed by atoms with Crippen molar-refractivity contribution >= 4 is 17.6 Å². The van der Waals surface area contributed by atoms with Gasteiger partial charge in [0.2, 0.25) is 0 Å². The first kappa shape index (κ1) is 19.8. The van der Waals surface area contributed by atoms with Gasteiger partial charge in [0.05, 0.1) is 4.92 Å². The Kier molecular flexibility index (Phi) is 8.31. The van der Waals surface area contributed by atoms with Crippen molar-refractivity contribution < 1.29 is 24.7 Å². The number of non-ortho nitro benzene ring substituents is 1. The Morgan fingerprint density at radius 2 is 1.48 bits per heavy atom. The number of carbonyl (C=O) groups is 2. The minimum atomic E-state index is -1.82. The Balaban J connectivity index is 0.000000450. The molecule has 2 rings (SSSR count). The summed E-state index contributed by atoms with van der Waals surface area (Å²) in [7, 11) is 0. The van der Waals surface area contributed by atoms with Crippen LogP contribution in [0, 0.1) is 10.1 Å². The minimum absolute atomic E-state index is 0.132. The lowest BCUT2D eigenvalue weighted by Gasteiger charge is -2.05. The Morgan fingerprint density at radius 1 is 0.920 bits per heavy atom. The summed E-state index contributed by atoms with van der Waals surface area (Å²) in [6.45, 7) is 1.62. The van der Waals surface area contributed by atoms with E-state index >= 15 is 0 Å². The Bertz CT molecular complexity index is 689. The number of nitro benzene ring substituents is 1. The number of nitrogens with one attached hydrogen (secondary N) is 1. The molecule has 0 aromatic heterocycles. The molecule has 0 radical (unpaired) electrons. The molecular weight excluding hydrogens is 328 g/mol. The van der Waals surface area contributed by atoms with Crippen LogP contribution in [0.15, 0.2) is 54.6 Å². The molecule has 0 spiro atoms. The van der Waals surface area contributed by atoms with Gasteiger partial charge in [-0.25, -0.2) is 9.59 Å². The van der Waals surface area contributed by atoms with Gasteiger partial charge in [-0.2, -0.15) is 0 Å². The molecule has 3 N–H and O–H groups in total. The van der Waals surface area contributed by atoms with Gasteiger partial charge in [-0.3, -0.25) is 10.1 Å². The molecule has 0 saturated heterocycles. The van der Waals surface area contributed by atoms with Crippen LogP contribution in [0.2, 0.25) is 0 Å². The number of hydrogen-bond donors (Lipinski definition) is 3. The van der Waals surface area contributed by atoms with Crippen LogP contribution < -0.4 is 5.32 Å². The molecule has 0 saturated carbocycles. The minimum Gasteiger partial charge on any atom is -0.473 e. The summed E-state index contributed by atoms with van der Waals surface area (Å²) >= 11 is 0. The molecule has 0 fully saturated rings. The fraction of sp³-hybridized carbons (Fsp3) is 0.176. The fourth-order valence-electron chi connectivity index (χ4n) is 1.85. The van der Waals surface area contributed by atoms with E-state index in [4.69, 9.17) is 19.8 Å². The highest BCUT2D eigenvalue weighted by Gasteiger charge is 2.04. The van der Waals surface area contributed by atoms with Crippen molar-refractivity contribution in [1.82, 2.24) is 5.32 Å². The normalized spacial score (nSPS) is 9.60. The van der Waals surface area contributed by atoms with Gasteiger partial charge in [0.25, 0.3) is 5.69 Å². The van der Waals surface area contributed by atoms with E-state index in [9.17, 15) is 10.1 Å². The third-order valence-corrected chi connectivity index (χ3v) is 3.09. The summed E-state index contributed by atoms with van der Waals surface area (Å²) in [4.78, 5) is 28.3. The molecule has 0 bridgehead atoms. The molecule has 132 valence electrons. The molecule has 0 aliphatic rings. The summed E-state index contributed by atoms with van der Waals surface area (Å²) in [6.07, 6.45) is 0.980. The predicted molar refractivity (Wildman–Crippen MR) is 90.2 cm³/mol. The maximum absolute atomic E-state index is 10.5. The summed E-state index contributed by atoms with van der Waals surface area (Å²) < 4.78 is 0. The topological polar surface area (TPSA) is 130 Å². The first-order chi connectivity index (χ1) is 11.9. The number of hydrogen-bond acceptors (Lipinski definition) is 5. The quantitative estimate of drug-likeness (QED) is 0.316. The number of nitro groups is 1. The van der Waals surface area contributed by atoms with Crippen LogP contribution in [-0.2, 0) is 22.6 Å². The van der Waals surface area contributed by atoms with Gasteiger partial charge < -0.3 is 15.5 Å². The highest BCUT2D eigenvalue weighted by Crippen LogP contribution is 2.11. The Hall–Kier alpha value is -3.26. The van der Waals surface area contributed by atoms with E-state index in [1.807, 2.05) is 18.2 Å². The zero-order valence-electron chi connectivity index (χ0n) is 13.3. The third kappa shape index (κ3) is 8.24. The lowest BCUT2D eigenvalue weighted by molar-refractivity contribution is -0.384. The molecule has 0 amide bonds. The molecule has 8 heteroatoms. The van der Waals surface area contributed by atoms with E-state index in [2.05, 4.69) is 17.4 Å². The largest absolute Gasteiger partial charge is 0.473 e. The zero-order valence-corrected chi connectivity index (χ0v) is 13.3. The van der Waals surface area contributed by atoms with E-state index in [0.717, 1.165) is 25.1 Å². The molecule has 25 heavy (non-hydrogen) atoms. The molecule has 0 aliphatic heterocycles. The predicted octanol–water partition coefficient (Wildman–Crippen LogP) is 2.08. The van der Waals surface area contributed by atoms with Gasteiger partial charge >= 0.3 is 11.9 Å². The second kappa shape index (κ2) is 10.5. The number of nitrogens with zero attached hydrogens (tertiary/aromatic N) is 1. The van der Waals surface area contributed by atoms with Crippen LogP contribution in [0.5, 0.6) is 0 Å². The SMILES string of the molecule is O=C(O)C(=O)O.O=[N+]([O-])c1ccc(CNCCc2ccccc2)cc1. The van der Waals surface area contributed by atoms with E-state index in [-0.39, 0.29) is 10.6 Å². The average Bonchev–Trinajstić information content (AvgIpc) is 2.60. The van der Waals surface area contributed by atoms with Crippen molar-refractivity contribution in [2.45, 2.75) is 13.0 Å². The average molecular weight is 346 g/mol. The lowest BCUT2D eigenvalue weighted by atomic mass is 10.1. The molecule has 0 atom stereocenters. The molecule has 2 aromatic rings. The van der Waals surface area contributed by atoms with Crippen LogP contribution in [0.1, 0.15) is 11.1 Å². The Labute approximate surface area is 143 Å². The zero-order chi connectivity index (χ0) is 18.7. The Morgan fingerprint density at radius 3 is 1.96 bits per heavy atom. The molecule has 0 unspecified atom stereocenters. The van der Waals surface area contributed by atoms with E-state index in [1.54, 1.807) is 12.1 Å². The van der Waals surface area contributed by atoms with E-state index in [1.165, 1.54) is 17.7 Å². The second-order valence-electron chi connectivity index (χ2n) is 4.95. The van der Waals surface area contributed by atoms with E-state index in [0.29, 0.717) is 0 Å². The first-order valence-corrected chi connectivity index (χ1v) is 7.34. The third-order valence-electron chi connectivity index (χ3n) is 3.09. The van der Waals surface area contributed by atoms with Crippen molar-refractivity contribution in [2.24, 2.45) is 0 Å². The summed E-state index contributed by atoms with van der Waals surface area (Å²) in [5.74, 6) is -3.65. The van der Waals surface area contributed by atoms with Crippen molar-refractivity contribution in [3.8, 4) is 0 Å². The summed E-state index contributed by atoms with van der Waals surface area (Å²) in [6, 6.07) is 16.9. The monoisotopic (exact) mass is 346 g/mol. The van der Waals surface area contributed by atoms with Gasteiger partial charge in [0.15, 0.2) is 0 Å². The van der Waals surface area contributed by atoms with Crippen molar-refractivity contribution in [3.63, 3.8) is 0 Å². The molecule has 8 nitrogen and oxygen atoms in total. The number of rotatable bonds is 6. The number of carboxylic acid groups (broad SMARTS) is 2. The van der Waals surface area contributed by atoms with Gasteiger partial charge in [-0.1, -0.05) is 42.5 Å². The van der Waals surface area contributed by atoms with Crippen molar-refractivity contribution in [3.05, 3.63) is 75.8 Å². The van der Waals surface area contributed by atoms with Gasteiger partial charge in [-0.15, -0.1) is 0 Å². The van der Waals surface area contributed by atoms with Crippen molar-refractivity contribution in [2.75, 3.05) is 6.54 Å². The van der Waals surface area contributed by atoms with Gasteiger partial charge in [0, 0.05) is 18.7 Å². The van der Waals surface area contributed by atoms with Gasteiger partial charge in [-0.05, 0) is 24.1 Å². The summed E-state index contributed by atoms with van der Waals surface area (Å²) in [5, 5.41) is 28.6. The standard InChI is InChI=1S/C15H16N2O2.C2H2O4/c18-17(19)15-8-6-14(7-9-15)12-16-11-10-13-4-2-1-3-5-13;3-1(4)2(5)6/h1-9,16H,10-12H2;(H,3,4)(H,5,6). The maximum Gasteiger partial charge on any atom is 0.414 e. The smallest absolute Gasteiger partial charge is 0.414 e.